The molecule has 1 N–H and O–H groups in total. The lowest BCUT2D eigenvalue weighted by Gasteiger charge is -2.02. The van der Waals surface area contributed by atoms with Crippen molar-refractivity contribution < 1.29 is 19.4 Å². The number of aldehydes is 1. The van der Waals surface area contributed by atoms with E-state index in [9.17, 15) is 9.59 Å². The third-order valence-corrected chi connectivity index (χ3v) is 1.56. The lowest BCUT2D eigenvalue weighted by molar-refractivity contribution is -0.135. The van der Waals surface area contributed by atoms with Crippen molar-refractivity contribution in [2.45, 2.75) is 6.42 Å². The number of hydrogen-bond acceptors (Lipinski definition) is 4. The summed E-state index contributed by atoms with van der Waals surface area (Å²) in [7, 11) is 0. The fourth-order valence-electron chi connectivity index (χ4n) is 0.888. The maximum Gasteiger partial charge on any atom is 0.313 e. The third kappa shape index (κ3) is 2.99. The van der Waals surface area contributed by atoms with Crippen LogP contribution in [0.4, 0.5) is 0 Å². The van der Waals surface area contributed by atoms with Gasteiger partial charge in [0.15, 0.2) is 0 Å². The van der Waals surface area contributed by atoms with Crippen LogP contribution < -0.4 is 4.74 Å². The lowest BCUT2D eigenvalue weighted by atomic mass is 10.2. The van der Waals surface area contributed by atoms with Crippen LogP contribution in [0.15, 0.2) is 24.3 Å². The molecular formula is C10H10O4. The smallest absolute Gasteiger partial charge is 0.313 e. The van der Waals surface area contributed by atoms with Crippen LogP contribution in [0.2, 0.25) is 0 Å². The van der Waals surface area contributed by atoms with E-state index in [-0.39, 0.29) is 13.0 Å². The Hall–Kier alpha value is -1.68. The first kappa shape index (κ1) is 10.4. The first-order chi connectivity index (χ1) is 6.76. The van der Waals surface area contributed by atoms with Gasteiger partial charge in [-0.1, -0.05) is 0 Å². The average Bonchev–Trinajstić information content (AvgIpc) is 2.19. The van der Waals surface area contributed by atoms with Gasteiger partial charge in [0.25, 0.3) is 0 Å². The standard InChI is InChI=1S/C10H10O4/c11-6-5-10(13)14-9-3-1-8(7-12)2-4-9/h1-4,7,11H,5-6H2. The molecule has 0 bridgehead atoms. The average molecular weight is 194 g/mol. The summed E-state index contributed by atoms with van der Waals surface area (Å²) in [5.74, 6) is -0.125. The Balaban J connectivity index is 2.59. The predicted octanol–water partition coefficient (Wildman–Crippen LogP) is 0.787. The van der Waals surface area contributed by atoms with Gasteiger partial charge in [0, 0.05) is 5.56 Å². The topological polar surface area (TPSA) is 63.6 Å². The van der Waals surface area contributed by atoms with Crippen LogP contribution in [0.3, 0.4) is 0 Å². The molecule has 0 aliphatic carbocycles. The summed E-state index contributed by atoms with van der Waals surface area (Å²) in [6, 6.07) is 6.15. The van der Waals surface area contributed by atoms with Crippen LogP contribution in [0.1, 0.15) is 16.8 Å². The Morgan fingerprint density at radius 1 is 1.36 bits per heavy atom. The summed E-state index contributed by atoms with van der Waals surface area (Å²) in [5, 5.41) is 8.45. The minimum Gasteiger partial charge on any atom is -0.426 e. The summed E-state index contributed by atoms with van der Waals surface area (Å²) >= 11 is 0. The predicted molar refractivity (Wildman–Crippen MR) is 49.2 cm³/mol. The molecule has 0 radical (unpaired) electrons. The Bertz CT molecular complexity index is 315. The molecule has 1 rings (SSSR count). The van der Waals surface area contributed by atoms with Gasteiger partial charge in [0.2, 0.25) is 0 Å². The SMILES string of the molecule is O=Cc1ccc(OC(=O)CCO)cc1. The Kier molecular flexibility index (Phi) is 3.82. The highest BCUT2D eigenvalue weighted by Gasteiger charge is 2.02. The first-order valence-corrected chi connectivity index (χ1v) is 4.13. The third-order valence-electron chi connectivity index (χ3n) is 1.56. The summed E-state index contributed by atoms with van der Waals surface area (Å²) in [4.78, 5) is 21.2. The Morgan fingerprint density at radius 2 is 2.00 bits per heavy atom. The van der Waals surface area contributed by atoms with E-state index in [1.54, 1.807) is 12.1 Å². The molecule has 1 aromatic rings. The number of rotatable bonds is 4. The summed E-state index contributed by atoms with van der Waals surface area (Å²) in [6.07, 6.45) is 0.675. The van der Waals surface area contributed by atoms with Crippen molar-refractivity contribution >= 4 is 12.3 Å². The molecule has 0 fully saturated rings. The normalized spacial score (nSPS) is 9.50. The van der Waals surface area contributed by atoms with Gasteiger partial charge in [0.1, 0.15) is 12.0 Å². The largest absolute Gasteiger partial charge is 0.426 e. The minimum absolute atomic E-state index is 0.0323. The van der Waals surface area contributed by atoms with Gasteiger partial charge in [-0.15, -0.1) is 0 Å². The molecule has 0 heterocycles. The highest BCUT2D eigenvalue weighted by atomic mass is 16.5. The fraction of sp³-hybridized carbons (Fsp3) is 0.200. The molecular weight excluding hydrogens is 184 g/mol. The second-order valence-corrected chi connectivity index (χ2v) is 2.63. The van der Waals surface area contributed by atoms with E-state index in [4.69, 9.17) is 9.84 Å². The zero-order valence-electron chi connectivity index (χ0n) is 7.47. The molecule has 0 aromatic heterocycles. The van der Waals surface area contributed by atoms with E-state index in [1.807, 2.05) is 0 Å². The van der Waals surface area contributed by atoms with Crippen LogP contribution in [0.5, 0.6) is 5.75 Å². The Labute approximate surface area is 81.1 Å². The minimum atomic E-state index is -0.494. The quantitative estimate of drug-likeness (QED) is 0.437. The number of aliphatic hydroxyl groups is 1. The van der Waals surface area contributed by atoms with Gasteiger partial charge < -0.3 is 9.84 Å². The van der Waals surface area contributed by atoms with Gasteiger partial charge in [-0.2, -0.15) is 0 Å². The van der Waals surface area contributed by atoms with E-state index >= 15 is 0 Å². The molecule has 0 amide bonds. The zero-order chi connectivity index (χ0) is 10.4. The number of esters is 1. The first-order valence-electron chi connectivity index (χ1n) is 4.13. The van der Waals surface area contributed by atoms with E-state index < -0.39 is 5.97 Å². The molecule has 0 unspecified atom stereocenters. The van der Waals surface area contributed by atoms with Crippen LogP contribution in [-0.2, 0) is 4.79 Å². The number of carbonyl (C=O) groups excluding carboxylic acids is 2. The van der Waals surface area contributed by atoms with Gasteiger partial charge in [-0.25, -0.2) is 0 Å². The molecule has 1 aromatic carbocycles. The molecule has 0 saturated heterocycles. The van der Waals surface area contributed by atoms with Gasteiger partial charge >= 0.3 is 5.97 Å². The van der Waals surface area contributed by atoms with E-state index in [0.717, 1.165) is 0 Å². The highest BCUT2D eigenvalue weighted by molar-refractivity contribution is 5.76. The lowest BCUT2D eigenvalue weighted by Crippen LogP contribution is -2.09. The number of hydrogen-bond donors (Lipinski definition) is 1. The van der Waals surface area contributed by atoms with E-state index in [2.05, 4.69) is 0 Å². The molecule has 0 saturated carbocycles. The van der Waals surface area contributed by atoms with Crippen LogP contribution in [0, 0.1) is 0 Å². The molecule has 0 spiro atoms. The number of carbonyl (C=O) groups is 2. The molecule has 0 aliphatic heterocycles. The van der Waals surface area contributed by atoms with Crippen LogP contribution >= 0.6 is 0 Å². The summed E-state index contributed by atoms with van der Waals surface area (Å²) in [6.45, 7) is -0.231. The van der Waals surface area contributed by atoms with Crippen molar-refractivity contribution in [1.29, 1.82) is 0 Å². The Morgan fingerprint density at radius 3 is 2.50 bits per heavy atom. The molecule has 74 valence electrons. The van der Waals surface area contributed by atoms with Crippen LogP contribution in [-0.4, -0.2) is 24.0 Å². The van der Waals surface area contributed by atoms with Crippen molar-refractivity contribution in [2.24, 2.45) is 0 Å². The number of ether oxygens (including phenoxy) is 1. The molecule has 4 nitrogen and oxygen atoms in total. The maximum absolute atomic E-state index is 10.9. The van der Waals surface area contributed by atoms with Gasteiger partial charge in [-0.3, -0.25) is 9.59 Å². The molecule has 4 heteroatoms. The van der Waals surface area contributed by atoms with Gasteiger partial charge in [-0.05, 0) is 24.3 Å². The van der Waals surface area contributed by atoms with Crippen molar-refractivity contribution in [3.8, 4) is 5.75 Å². The fourth-order valence-corrected chi connectivity index (χ4v) is 0.888. The van der Waals surface area contributed by atoms with Crippen LogP contribution in [0.25, 0.3) is 0 Å². The van der Waals surface area contributed by atoms with E-state index in [0.29, 0.717) is 17.6 Å². The van der Waals surface area contributed by atoms with E-state index in [1.165, 1.54) is 12.1 Å². The van der Waals surface area contributed by atoms with Crippen molar-refractivity contribution in [3.05, 3.63) is 29.8 Å². The van der Waals surface area contributed by atoms with Crippen molar-refractivity contribution in [2.75, 3.05) is 6.61 Å². The summed E-state index contributed by atoms with van der Waals surface area (Å²) < 4.78 is 4.84. The zero-order valence-corrected chi connectivity index (χ0v) is 7.47. The molecule has 0 aliphatic rings. The van der Waals surface area contributed by atoms with Crippen molar-refractivity contribution in [3.63, 3.8) is 0 Å². The number of aliphatic hydroxyl groups excluding tert-OH is 1. The summed E-state index contributed by atoms with van der Waals surface area (Å²) in [5.41, 5.74) is 0.520. The van der Waals surface area contributed by atoms with Crippen molar-refractivity contribution in [1.82, 2.24) is 0 Å². The molecule has 14 heavy (non-hydrogen) atoms. The second-order valence-electron chi connectivity index (χ2n) is 2.63. The molecule has 0 atom stereocenters. The monoisotopic (exact) mass is 194 g/mol. The highest BCUT2D eigenvalue weighted by Crippen LogP contribution is 2.11. The van der Waals surface area contributed by atoms with Gasteiger partial charge in [0.05, 0.1) is 13.0 Å². The second kappa shape index (κ2) is 5.14. The number of benzene rings is 1. The maximum atomic E-state index is 10.9.